The number of carbonyl (C=O) groups excluding carboxylic acids is 1. The zero-order valence-corrected chi connectivity index (χ0v) is 25.4. The second kappa shape index (κ2) is 21.0. The monoisotopic (exact) mass is 592 g/mol. The number of ether oxygens (including phenoxy) is 2. The molecular weight excluding hydrogens is 544 g/mol. The molecule has 0 atom stereocenters. The second-order valence-corrected chi connectivity index (χ2v) is 10.1. The zero-order chi connectivity index (χ0) is 30.4. The maximum absolute atomic E-state index is 12.5. The molecule has 11 heteroatoms. The van der Waals surface area contributed by atoms with E-state index in [2.05, 4.69) is 55.3 Å². The van der Waals surface area contributed by atoms with Crippen LogP contribution in [0.3, 0.4) is 0 Å². The molecule has 0 aliphatic rings. The molecule has 1 heterocycles. The predicted octanol–water partition coefficient (Wildman–Crippen LogP) is 4.76. The van der Waals surface area contributed by atoms with Gasteiger partial charge in [0.1, 0.15) is 0 Å². The fraction of sp³-hybridized carbons (Fsp3) is 0.500. The van der Waals surface area contributed by atoms with E-state index in [1.54, 1.807) is 12.1 Å². The van der Waals surface area contributed by atoms with Gasteiger partial charge in [0, 0.05) is 37.4 Å². The van der Waals surface area contributed by atoms with Crippen molar-refractivity contribution in [2.45, 2.75) is 51.9 Å². The summed E-state index contributed by atoms with van der Waals surface area (Å²) in [5, 5.41) is 12.8. The number of amides is 1. The van der Waals surface area contributed by atoms with E-state index in [1.165, 1.54) is 37.7 Å². The van der Waals surface area contributed by atoms with Crippen LogP contribution in [0.2, 0.25) is 0 Å². The van der Waals surface area contributed by atoms with Crippen LogP contribution in [0.25, 0.3) is 0 Å². The van der Waals surface area contributed by atoms with Crippen LogP contribution in [0.15, 0.2) is 54.6 Å². The van der Waals surface area contributed by atoms with Crippen LogP contribution in [0.4, 0.5) is 23.5 Å². The molecule has 0 unspecified atom stereocenters. The van der Waals surface area contributed by atoms with E-state index in [-0.39, 0.29) is 5.91 Å². The molecule has 43 heavy (non-hydrogen) atoms. The minimum absolute atomic E-state index is 0.166. The molecule has 1 amide bonds. The molecule has 0 radical (unpaired) electrons. The first kappa shape index (κ1) is 33.7. The van der Waals surface area contributed by atoms with Crippen molar-refractivity contribution in [1.82, 2.24) is 20.3 Å². The molecule has 3 aromatic rings. The summed E-state index contributed by atoms with van der Waals surface area (Å²) in [7, 11) is 0. The first-order valence-electron chi connectivity index (χ1n) is 15.5. The normalized spacial score (nSPS) is 10.8. The number of hydrogen-bond acceptors (Lipinski definition) is 10. The third-order valence-electron chi connectivity index (χ3n) is 6.56. The summed E-state index contributed by atoms with van der Waals surface area (Å²) >= 11 is 0. The highest BCUT2D eigenvalue weighted by Gasteiger charge is 2.09. The molecule has 3 rings (SSSR count). The van der Waals surface area contributed by atoms with Gasteiger partial charge in [-0.3, -0.25) is 4.79 Å². The molecule has 0 saturated heterocycles. The number of hydrogen-bond donors (Lipinski definition) is 5. The quantitative estimate of drug-likeness (QED) is 0.0976. The number of nitrogens with one attached hydrogen (secondary N) is 4. The highest BCUT2D eigenvalue weighted by molar-refractivity contribution is 5.94. The van der Waals surface area contributed by atoms with Crippen molar-refractivity contribution < 1.29 is 14.3 Å². The van der Waals surface area contributed by atoms with Gasteiger partial charge in [-0.1, -0.05) is 69.4 Å². The van der Waals surface area contributed by atoms with Gasteiger partial charge in [-0.05, 0) is 42.7 Å². The Bertz CT molecular complexity index is 1170. The summed E-state index contributed by atoms with van der Waals surface area (Å²) in [6, 6.07) is 17.5. The molecule has 11 nitrogen and oxygen atoms in total. The van der Waals surface area contributed by atoms with Crippen LogP contribution >= 0.6 is 0 Å². The maximum atomic E-state index is 12.5. The third kappa shape index (κ3) is 14.3. The zero-order valence-electron chi connectivity index (χ0n) is 25.4. The topological polar surface area (TPSA) is 148 Å². The van der Waals surface area contributed by atoms with E-state index >= 15 is 0 Å². The highest BCUT2D eigenvalue weighted by atomic mass is 16.5. The van der Waals surface area contributed by atoms with Crippen molar-refractivity contribution in [3.05, 3.63) is 65.7 Å². The summed E-state index contributed by atoms with van der Waals surface area (Å²) < 4.78 is 10.7. The lowest BCUT2D eigenvalue weighted by molar-refractivity contribution is 0.0511. The van der Waals surface area contributed by atoms with Crippen LogP contribution in [-0.2, 0) is 15.9 Å². The molecule has 234 valence electrons. The van der Waals surface area contributed by atoms with E-state index in [4.69, 9.17) is 15.2 Å². The molecule has 0 spiro atoms. The van der Waals surface area contributed by atoms with Crippen molar-refractivity contribution in [3.63, 3.8) is 0 Å². The van der Waals surface area contributed by atoms with E-state index in [9.17, 15) is 4.79 Å². The Balaban J connectivity index is 1.52. The molecule has 0 fully saturated rings. The summed E-state index contributed by atoms with van der Waals surface area (Å²) in [5.74, 6) is 1.29. The molecule has 1 aromatic heterocycles. The van der Waals surface area contributed by atoms with Crippen molar-refractivity contribution in [2.24, 2.45) is 5.73 Å². The van der Waals surface area contributed by atoms with E-state index in [1.807, 2.05) is 30.3 Å². The second-order valence-electron chi connectivity index (χ2n) is 10.1. The van der Waals surface area contributed by atoms with Gasteiger partial charge in [0.15, 0.2) is 0 Å². The average molecular weight is 593 g/mol. The Morgan fingerprint density at radius 1 is 0.721 bits per heavy atom. The Morgan fingerprint density at radius 2 is 1.37 bits per heavy atom. The fourth-order valence-electron chi connectivity index (χ4n) is 4.24. The molecule has 0 saturated carbocycles. The van der Waals surface area contributed by atoms with Gasteiger partial charge in [0.2, 0.25) is 17.8 Å². The molecule has 6 N–H and O–H groups in total. The maximum Gasteiger partial charge on any atom is 0.251 e. The van der Waals surface area contributed by atoms with Crippen LogP contribution in [-0.4, -0.2) is 73.5 Å². The molecule has 0 aliphatic carbocycles. The third-order valence-corrected chi connectivity index (χ3v) is 6.56. The van der Waals surface area contributed by atoms with E-state index < -0.39 is 0 Å². The summed E-state index contributed by atoms with van der Waals surface area (Å²) in [5.41, 5.74) is 7.94. The smallest absolute Gasteiger partial charge is 0.251 e. The molecule has 0 aliphatic heterocycles. The number of nitrogens with two attached hydrogens (primary N) is 1. The number of benzene rings is 2. The lowest BCUT2D eigenvalue weighted by Gasteiger charge is -2.12. The molecular formula is C32H48N8O3. The van der Waals surface area contributed by atoms with Gasteiger partial charge in [-0.2, -0.15) is 15.0 Å². The summed E-state index contributed by atoms with van der Waals surface area (Å²) in [6.45, 7) is 6.51. The fourth-order valence-corrected chi connectivity index (χ4v) is 4.24. The molecule has 2 aromatic carbocycles. The first-order chi connectivity index (χ1) is 21.2. The largest absolute Gasteiger partial charge is 0.378 e. The van der Waals surface area contributed by atoms with Crippen LogP contribution in [0, 0.1) is 0 Å². The Hall–Kier alpha value is -3.80. The number of nitrogens with zero attached hydrogens (tertiary/aromatic N) is 3. The average Bonchev–Trinajstić information content (AvgIpc) is 3.02. The number of aromatic nitrogens is 3. The SMILES string of the molecule is CCCCCCCCNc1nc(NCCc2ccccc2)nc(Nc2ccc(C(=O)NCCOCCOCCN)cc2)n1. The lowest BCUT2D eigenvalue weighted by Crippen LogP contribution is -2.27. The van der Waals surface area contributed by atoms with E-state index in [0.717, 1.165) is 25.1 Å². The first-order valence-corrected chi connectivity index (χ1v) is 15.5. The Morgan fingerprint density at radius 3 is 2.09 bits per heavy atom. The summed E-state index contributed by atoms with van der Waals surface area (Å²) in [4.78, 5) is 26.3. The molecule has 0 bridgehead atoms. The number of anilines is 4. The van der Waals surface area contributed by atoms with Crippen LogP contribution < -0.4 is 27.0 Å². The standard InChI is InChI=1S/C32H48N8O3/c1-2-3-4-5-6-10-19-35-30-38-31(36-20-17-26-11-8-7-9-12-26)40-32(39-30)37-28-15-13-27(14-16-28)29(41)34-21-23-43-25-24-42-22-18-33/h7-9,11-16H,2-6,10,17-25,33H2,1H3,(H,34,41)(H3,35,36,37,38,39,40). The minimum Gasteiger partial charge on any atom is -0.378 e. The van der Waals surface area contributed by atoms with Crippen molar-refractivity contribution in [1.29, 1.82) is 0 Å². The Labute approximate surface area is 255 Å². The Kier molecular flexibility index (Phi) is 16.4. The number of rotatable bonds is 23. The van der Waals surface area contributed by atoms with Gasteiger partial charge in [-0.15, -0.1) is 0 Å². The number of unbranched alkanes of at least 4 members (excludes halogenated alkanes) is 5. The van der Waals surface area contributed by atoms with Crippen molar-refractivity contribution in [3.8, 4) is 0 Å². The number of carbonyl (C=O) groups is 1. The van der Waals surface area contributed by atoms with Gasteiger partial charge in [-0.25, -0.2) is 0 Å². The lowest BCUT2D eigenvalue weighted by atomic mass is 10.1. The van der Waals surface area contributed by atoms with Crippen molar-refractivity contribution in [2.75, 3.05) is 68.6 Å². The minimum atomic E-state index is -0.166. The van der Waals surface area contributed by atoms with Crippen LogP contribution in [0.1, 0.15) is 61.4 Å². The van der Waals surface area contributed by atoms with Crippen molar-refractivity contribution >= 4 is 29.4 Å². The van der Waals surface area contributed by atoms with E-state index in [0.29, 0.717) is 69.5 Å². The predicted molar refractivity (Wildman–Crippen MR) is 173 cm³/mol. The van der Waals surface area contributed by atoms with Crippen LogP contribution in [0.5, 0.6) is 0 Å². The van der Waals surface area contributed by atoms with Gasteiger partial charge >= 0.3 is 0 Å². The summed E-state index contributed by atoms with van der Waals surface area (Å²) in [6.07, 6.45) is 8.18. The van der Waals surface area contributed by atoms with Gasteiger partial charge in [0.05, 0.1) is 26.4 Å². The highest BCUT2D eigenvalue weighted by Crippen LogP contribution is 2.17. The van der Waals surface area contributed by atoms with Gasteiger partial charge < -0.3 is 36.5 Å². The van der Waals surface area contributed by atoms with Gasteiger partial charge in [0.25, 0.3) is 5.91 Å².